The van der Waals surface area contributed by atoms with Crippen molar-refractivity contribution < 1.29 is 0 Å². The van der Waals surface area contributed by atoms with Gasteiger partial charge in [-0.2, -0.15) is 5.26 Å². The number of hydrogen-bond donors (Lipinski definition) is 1. The van der Waals surface area contributed by atoms with Gasteiger partial charge in [0.2, 0.25) is 0 Å². The molecule has 4 heteroatoms. The molecule has 2 N–H and O–H groups in total. The number of nitrogens with zero attached hydrogens (tertiary/aromatic N) is 3. The lowest BCUT2D eigenvalue weighted by atomic mass is 10.0. The standard InChI is InChI=1S/C16H24N4/c1-11(2)14(18)7-8-20(3)16-13(10-17)9-12-5-4-6-15(12)19-16/h9,11,14H,4-8,18H2,1-3H3. The van der Waals surface area contributed by atoms with Gasteiger partial charge in [0.1, 0.15) is 11.9 Å². The molecule has 108 valence electrons. The van der Waals surface area contributed by atoms with Gasteiger partial charge in [-0.15, -0.1) is 0 Å². The average molecular weight is 272 g/mol. The first-order valence-electron chi connectivity index (χ1n) is 7.42. The topological polar surface area (TPSA) is 65.9 Å². The second-order valence-electron chi connectivity index (χ2n) is 6.05. The lowest BCUT2D eigenvalue weighted by Gasteiger charge is -2.23. The molecule has 0 saturated heterocycles. The summed E-state index contributed by atoms with van der Waals surface area (Å²) in [6.45, 7) is 5.11. The van der Waals surface area contributed by atoms with Gasteiger partial charge in [-0.25, -0.2) is 4.98 Å². The summed E-state index contributed by atoms with van der Waals surface area (Å²) in [7, 11) is 2.00. The van der Waals surface area contributed by atoms with Gasteiger partial charge in [-0.3, -0.25) is 0 Å². The first-order chi connectivity index (χ1) is 9.52. The summed E-state index contributed by atoms with van der Waals surface area (Å²) in [4.78, 5) is 6.78. The van der Waals surface area contributed by atoms with Crippen LogP contribution in [0, 0.1) is 17.2 Å². The van der Waals surface area contributed by atoms with Crippen molar-refractivity contribution in [3.05, 3.63) is 22.9 Å². The summed E-state index contributed by atoms with van der Waals surface area (Å²) in [6, 6.07) is 4.49. The number of anilines is 1. The van der Waals surface area contributed by atoms with Crippen LogP contribution in [0.15, 0.2) is 6.07 Å². The number of pyridine rings is 1. The maximum Gasteiger partial charge on any atom is 0.146 e. The molecular formula is C16H24N4. The minimum Gasteiger partial charge on any atom is -0.359 e. The highest BCUT2D eigenvalue weighted by molar-refractivity contribution is 5.56. The monoisotopic (exact) mass is 272 g/mol. The molecule has 0 aliphatic heterocycles. The molecule has 1 aromatic heterocycles. The summed E-state index contributed by atoms with van der Waals surface area (Å²) >= 11 is 0. The Hall–Kier alpha value is -1.60. The molecule has 2 rings (SSSR count). The van der Waals surface area contributed by atoms with Crippen LogP contribution in [0.1, 0.15) is 43.5 Å². The van der Waals surface area contributed by atoms with Crippen molar-refractivity contribution in [1.29, 1.82) is 5.26 Å². The molecule has 1 atom stereocenters. The summed E-state index contributed by atoms with van der Waals surface area (Å²) < 4.78 is 0. The summed E-state index contributed by atoms with van der Waals surface area (Å²) in [5.74, 6) is 1.29. The van der Waals surface area contributed by atoms with Crippen LogP contribution in [0.3, 0.4) is 0 Å². The Balaban J connectivity index is 2.13. The second-order valence-corrected chi connectivity index (χ2v) is 6.05. The molecule has 0 radical (unpaired) electrons. The molecular weight excluding hydrogens is 248 g/mol. The average Bonchev–Trinajstić information content (AvgIpc) is 2.89. The van der Waals surface area contributed by atoms with E-state index in [4.69, 9.17) is 10.7 Å². The van der Waals surface area contributed by atoms with Crippen molar-refractivity contribution in [1.82, 2.24) is 4.98 Å². The Kier molecular flexibility index (Phi) is 4.61. The van der Waals surface area contributed by atoms with Crippen LogP contribution in [0.4, 0.5) is 5.82 Å². The predicted octanol–water partition coefficient (Wildman–Crippen LogP) is 2.25. The van der Waals surface area contributed by atoms with Crippen LogP contribution >= 0.6 is 0 Å². The van der Waals surface area contributed by atoms with E-state index >= 15 is 0 Å². The lowest BCUT2D eigenvalue weighted by molar-refractivity contribution is 0.465. The molecule has 4 nitrogen and oxygen atoms in total. The minimum absolute atomic E-state index is 0.192. The van der Waals surface area contributed by atoms with E-state index in [1.165, 1.54) is 11.3 Å². The number of nitriles is 1. The quantitative estimate of drug-likeness (QED) is 0.893. The molecule has 0 aromatic carbocycles. The Morgan fingerprint density at radius 2 is 2.20 bits per heavy atom. The van der Waals surface area contributed by atoms with Crippen molar-refractivity contribution >= 4 is 5.82 Å². The third-order valence-corrected chi connectivity index (χ3v) is 4.17. The van der Waals surface area contributed by atoms with E-state index in [1.807, 2.05) is 13.1 Å². The predicted molar refractivity (Wildman–Crippen MR) is 81.7 cm³/mol. The van der Waals surface area contributed by atoms with Gasteiger partial charge in [0.25, 0.3) is 0 Å². The molecule has 1 unspecified atom stereocenters. The van der Waals surface area contributed by atoms with Crippen molar-refractivity contribution in [2.45, 2.75) is 45.6 Å². The molecule has 0 saturated carbocycles. The van der Waals surface area contributed by atoms with Gasteiger partial charge in [0.15, 0.2) is 0 Å². The van der Waals surface area contributed by atoms with Crippen LogP contribution in [0.2, 0.25) is 0 Å². The zero-order chi connectivity index (χ0) is 14.7. The molecule has 0 amide bonds. The Morgan fingerprint density at radius 1 is 1.45 bits per heavy atom. The third kappa shape index (κ3) is 3.10. The minimum atomic E-state index is 0.192. The van der Waals surface area contributed by atoms with E-state index in [1.54, 1.807) is 0 Å². The number of rotatable bonds is 5. The molecule has 1 aromatic rings. The zero-order valence-corrected chi connectivity index (χ0v) is 12.7. The summed E-state index contributed by atoms with van der Waals surface area (Å²) in [5, 5.41) is 9.32. The fraction of sp³-hybridized carbons (Fsp3) is 0.625. The number of aryl methyl sites for hydroxylation is 2. The smallest absolute Gasteiger partial charge is 0.146 e. The van der Waals surface area contributed by atoms with E-state index in [-0.39, 0.29) is 6.04 Å². The van der Waals surface area contributed by atoms with E-state index in [9.17, 15) is 5.26 Å². The normalized spacial score (nSPS) is 15.0. The van der Waals surface area contributed by atoms with Gasteiger partial charge >= 0.3 is 0 Å². The second kappa shape index (κ2) is 6.23. The van der Waals surface area contributed by atoms with Gasteiger partial charge in [0.05, 0.1) is 5.56 Å². The zero-order valence-electron chi connectivity index (χ0n) is 12.7. The Morgan fingerprint density at radius 3 is 2.85 bits per heavy atom. The number of aromatic nitrogens is 1. The summed E-state index contributed by atoms with van der Waals surface area (Å²) in [5.41, 5.74) is 9.19. The fourth-order valence-corrected chi connectivity index (χ4v) is 2.62. The molecule has 1 aliphatic carbocycles. The maximum atomic E-state index is 9.32. The van der Waals surface area contributed by atoms with Crippen molar-refractivity contribution in [2.75, 3.05) is 18.5 Å². The van der Waals surface area contributed by atoms with Crippen LogP contribution in [-0.2, 0) is 12.8 Å². The van der Waals surface area contributed by atoms with Crippen molar-refractivity contribution in [3.8, 4) is 6.07 Å². The highest BCUT2D eigenvalue weighted by Gasteiger charge is 2.19. The molecule has 0 fully saturated rings. The van der Waals surface area contributed by atoms with Gasteiger partial charge in [-0.05, 0) is 43.2 Å². The maximum absolute atomic E-state index is 9.32. The van der Waals surface area contributed by atoms with Crippen LogP contribution in [0.25, 0.3) is 0 Å². The van der Waals surface area contributed by atoms with Gasteiger partial charge in [-0.1, -0.05) is 13.8 Å². The fourth-order valence-electron chi connectivity index (χ4n) is 2.62. The number of fused-ring (bicyclic) bond motifs is 1. The Bertz CT molecular complexity index is 516. The lowest BCUT2D eigenvalue weighted by Crippen LogP contribution is -2.32. The number of hydrogen-bond acceptors (Lipinski definition) is 4. The molecule has 0 spiro atoms. The van der Waals surface area contributed by atoms with Crippen LogP contribution in [0.5, 0.6) is 0 Å². The van der Waals surface area contributed by atoms with Gasteiger partial charge < -0.3 is 10.6 Å². The van der Waals surface area contributed by atoms with E-state index in [0.29, 0.717) is 11.5 Å². The number of nitrogens with two attached hydrogens (primary N) is 1. The van der Waals surface area contributed by atoms with Crippen molar-refractivity contribution in [3.63, 3.8) is 0 Å². The van der Waals surface area contributed by atoms with E-state index < -0.39 is 0 Å². The largest absolute Gasteiger partial charge is 0.359 e. The SMILES string of the molecule is CC(C)C(N)CCN(C)c1nc2c(cc1C#N)CCC2. The Labute approximate surface area is 121 Å². The van der Waals surface area contributed by atoms with E-state index in [0.717, 1.165) is 38.0 Å². The third-order valence-electron chi connectivity index (χ3n) is 4.17. The molecule has 1 heterocycles. The van der Waals surface area contributed by atoms with Gasteiger partial charge in [0, 0.05) is 25.3 Å². The molecule has 0 bridgehead atoms. The first-order valence-corrected chi connectivity index (χ1v) is 7.42. The molecule has 20 heavy (non-hydrogen) atoms. The van der Waals surface area contributed by atoms with Crippen LogP contribution in [-0.4, -0.2) is 24.6 Å². The molecule has 1 aliphatic rings. The first kappa shape index (κ1) is 14.8. The highest BCUT2D eigenvalue weighted by Crippen LogP contribution is 2.26. The van der Waals surface area contributed by atoms with Crippen LogP contribution < -0.4 is 10.6 Å². The summed E-state index contributed by atoms with van der Waals surface area (Å²) in [6.07, 6.45) is 4.16. The van der Waals surface area contributed by atoms with E-state index in [2.05, 4.69) is 24.8 Å². The van der Waals surface area contributed by atoms with Crippen molar-refractivity contribution in [2.24, 2.45) is 11.7 Å². The highest BCUT2D eigenvalue weighted by atomic mass is 15.2.